The number of hydrogen-bond donors (Lipinski definition) is 2. The first-order valence-corrected chi connectivity index (χ1v) is 9.46. The number of amides is 1. The van der Waals surface area contributed by atoms with Crippen molar-refractivity contribution in [1.82, 2.24) is 15.6 Å². The second kappa shape index (κ2) is 10.1. The zero-order valence-electron chi connectivity index (χ0n) is 16.3. The van der Waals surface area contributed by atoms with Gasteiger partial charge in [-0.25, -0.2) is 0 Å². The van der Waals surface area contributed by atoms with Crippen LogP contribution in [0.3, 0.4) is 0 Å². The lowest BCUT2D eigenvalue weighted by Gasteiger charge is -2.24. The van der Waals surface area contributed by atoms with Gasteiger partial charge in [0.2, 0.25) is 5.91 Å². The minimum absolute atomic E-state index is 0.00696. The van der Waals surface area contributed by atoms with Gasteiger partial charge in [0, 0.05) is 31.4 Å². The van der Waals surface area contributed by atoms with Gasteiger partial charge in [-0.3, -0.25) is 9.78 Å². The number of carbonyl (C=O) groups excluding carboxylic acids is 1. The molecule has 2 unspecified atom stereocenters. The summed E-state index contributed by atoms with van der Waals surface area (Å²) in [5, 5.41) is 6.32. The van der Waals surface area contributed by atoms with Gasteiger partial charge in [-0.1, -0.05) is 6.07 Å². The van der Waals surface area contributed by atoms with Gasteiger partial charge in [-0.05, 0) is 42.3 Å². The van der Waals surface area contributed by atoms with Gasteiger partial charge in [0.15, 0.2) is 11.5 Å². The lowest BCUT2D eigenvalue weighted by molar-refractivity contribution is -0.122. The second-order valence-electron chi connectivity index (χ2n) is 6.77. The third-order valence-corrected chi connectivity index (χ3v) is 4.64. The third kappa shape index (κ3) is 5.68. The van der Waals surface area contributed by atoms with Crippen LogP contribution in [0.2, 0.25) is 0 Å². The molecule has 2 atom stereocenters. The molecule has 0 radical (unpaired) electrons. The van der Waals surface area contributed by atoms with Crippen molar-refractivity contribution in [3.63, 3.8) is 0 Å². The molecule has 0 saturated carbocycles. The van der Waals surface area contributed by atoms with Crippen molar-refractivity contribution in [2.24, 2.45) is 0 Å². The Labute approximate surface area is 165 Å². The summed E-state index contributed by atoms with van der Waals surface area (Å²) in [6.07, 6.45) is 3.87. The highest BCUT2D eigenvalue weighted by atomic mass is 16.5. The number of hydrogen-bond acceptors (Lipinski definition) is 6. The van der Waals surface area contributed by atoms with E-state index in [2.05, 4.69) is 15.6 Å². The fourth-order valence-corrected chi connectivity index (χ4v) is 3.07. The number of nitrogens with one attached hydrogen (secondary N) is 2. The van der Waals surface area contributed by atoms with Gasteiger partial charge in [-0.15, -0.1) is 0 Å². The maximum Gasteiger partial charge on any atom is 0.222 e. The number of pyridine rings is 1. The van der Waals surface area contributed by atoms with E-state index in [0.717, 1.165) is 17.7 Å². The average Bonchev–Trinajstić information content (AvgIpc) is 2.73. The molecule has 1 amide bonds. The molecule has 0 aliphatic carbocycles. The molecular formula is C21H27N3O4. The Kier molecular flexibility index (Phi) is 7.22. The van der Waals surface area contributed by atoms with Crippen LogP contribution in [0.5, 0.6) is 11.5 Å². The van der Waals surface area contributed by atoms with Crippen molar-refractivity contribution in [3.05, 3.63) is 53.9 Å². The summed E-state index contributed by atoms with van der Waals surface area (Å²) < 4.78 is 16.7. The van der Waals surface area contributed by atoms with Gasteiger partial charge in [0.05, 0.1) is 26.4 Å². The van der Waals surface area contributed by atoms with Crippen LogP contribution in [0, 0.1) is 0 Å². The Hall–Kier alpha value is -2.64. The maximum absolute atomic E-state index is 12.3. The number of benzene rings is 1. The predicted octanol–water partition coefficient (Wildman–Crippen LogP) is 2.22. The summed E-state index contributed by atoms with van der Waals surface area (Å²) in [7, 11) is 1.61. The number of morpholine rings is 1. The molecule has 28 heavy (non-hydrogen) atoms. The number of ether oxygens (including phenoxy) is 3. The Morgan fingerprint density at radius 2 is 2.14 bits per heavy atom. The van der Waals surface area contributed by atoms with Crippen LogP contribution in [-0.4, -0.2) is 43.8 Å². The van der Waals surface area contributed by atoms with Crippen LogP contribution in [0.25, 0.3) is 0 Å². The van der Waals surface area contributed by atoms with Gasteiger partial charge in [0.1, 0.15) is 6.61 Å². The lowest BCUT2D eigenvalue weighted by atomic mass is 10.1. The standard InChI is InChI=1S/C21H27N3O4/c1-15(24-21(25)12-18-14-27-10-9-23-18)17-3-4-19(20(11-17)26-2)28-13-16-5-7-22-8-6-16/h3-8,11,15,18,23H,9-10,12-14H2,1-2H3,(H,24,25). The zero-order chi connectivity index (χ0) is 19.8. The molecule has 7 heteroatoms. The maximum atomic E-state index is 12.3. The van der Waals surface area contributed by atoms with E-state index < -0.39 is 0 Å². The zero-order valence-corrected chi connectivity index (χ0v) is 16.3. The average molecular weight is 385 g/mol. The van der Waals surface area contributed by atoms with Crippen LogP contribution < -0.4 is 20.1 Å². The first-order valence-electron chi connectivity index (χ1n) is 9.46. The van der Waals surface area contributed by atoms with Crippen molar-refractivity contribution >= 4 is 5.91 Å². The largest absolute Gasteiger partial charge is 0.493 e. The number of carbonyl (C=O) groups is 1. The molecule has 2 heterocycles. The van der Waals surface area contributed by atoms with E-state index in [0.29, 0.717) is 37.7 Å². The van der Waals surface area contributed by atoms with Crippen LogP contribution >= 0.6 is 0 Å². The smallest absolute Gasteiger partial charge is 0.222 e. The molecule has 0 spiro atoms. The Morgan fingerprint density at radius 3 is 2.86 bits per heavy atom. The summed E-state index contributed by atoms with van der Waals surface area (Å²) in [5.74, 6) is 1.28. The highest BCUT2D eigenvalue weighted by Crippen LogP contribution is 2.31. The van der Waals surface area contributed by atoms with Crippen LogP contribution in [0.1, 0.15) is 30.5 Å². The minimum atomic E-state index is -0.139. The van der Waals surface area contributed by atoms with E-state index in [9.17, 15) is 4.79 Å². The van der Waals surface area contributed by atoms with E-state index in [1.807, 2.05) is 37.3 Å². The Balaban J connectivity index is 1.57. The SMILES string of the molecule is COc1cc(C(C)NC(=O)CC2COCCN2)ccc1OCc1ccncc1. The number of methoxy groups -OCH3 is 1. The molecule has 1 aliphatic rings. The molecule has 1 aromatic heterocycles. The molecule has 2 aromatic rings. The van der Waals surface area contributed by atoms with Gasteiger partial charge < -0.3 is 24.8 Å². The van der Waals surface area contributed by atoms with Crippen molar-refractivity contribution in [1.29, 1.82) is 0 Å². The first-order chi connectivity index (χ1) is 13.7. The van der Waals surface area contributed by atoms with Crippen LogP contribution in [0.15, 0.2) is 42.7 Å². The topological polar surface area (TPSA) is 81.7 Å². The van der Waals surface area contributed by atoms with E-state index in [1.54, 1.807) is 19.5 Å². The van der Waals surface area contributed by atoms with E-state index >= 15 is 0 Å². The molecule has 0 bridgehead atoms. The second-order valence-corrected chi connectivity index (χ2v) is 6.77. The van der Waals surface area contributed by atoms with E-state index in [4.69, 9.17) is 14.2 Å². The number of aromatic nitrogens is 1. The third-order valence-electron chi connectivity index (χ3n) is 4.64. The summed E-state index contributed by atoms with van der Waals surface area (Å²) in [6.45, 7) is 4.44. The lowest BCUT2D eigenvalue weighted by Crippen LogP contribution is -2.44. The highest BCUT2D eigenvalue weighted by Gasteiger charge is 2.19. The molecule has 1 aromatic carbocycles. The Morgan fingerprint density at radius 1 is 1.32 bits per heavy atom. The van der Waals surface area contributed by atoms with Gasteiger partial charge >= 0.3 is 0 Å². The van der Waals surface area contributed by atoms with Gasteiger partial charge in [-0.2, -0.15) is 0 Å². The summed E-state index contributed by atoms with van der Waals surface area (Å²) in [6, 6.07) is 9.45. The van der Waals surface area contributed by atoms with Crippen LogP contribution in [0.4, 0.5) is 0 Å². The normalized spacial score (nSPS) is 17.6. The first kappa shape index (κ1) is 20.1. The molecule has 150 valence electrons. The molecule has 1 aliphatic heterocycles. The van der Waals surface area contributed by atoms with Crippen molar-refractivity contribution in [2.45, 2.75) is 32.0 Å². The minimum Gasteiger partial charge on any atom is -0.493 e. The van der Waals surface area contributed by atoms with Crippen LogP contribution in [-0.2, 0) is 16.1 Å². The predicted molar refractivity (Wildman–Crippen MR) is 105 cm³/mol. The number of nitrogens with zero attached hydrogens (tertiary/aromatic N) is 1. The van der Waals surface area contributed by atoms with Crippen molar-refractivity contribution < 1.29 is 19.0 Å². The van der Waals surface area contributed by atoms with Crippen molar-refractivity contribution in [2.75, 3.05) is 26.9 Å². The van der Waals surface area contributed by atoms with E-state index in [-0.39, 0.29) is 18.0 Å². The number of rotatable bonds is 8. The monoisotopic (exact) mass is 385 g/mol. The molecule has 2 N–H and O–H groups in total. The summed E-state index contributed by atoms with van der Waals surface area (Å²) in [4.78, 5) is 16.3. The van der Waals surface area contributed by atoms with Gasteiger partial charge in [0.25, 0.3) is 0 Å². The molecule has 1 fully saturated rings. The highest BCUT2D eigenvalue weighted by molar-refractivity contribution is 5.77. The van der Waals surface area contributed by atoms with E-state index in [1.165, 1.54) is 0 Å². The Bertz CT molecular complexity index is 764. The molecule has 3 rings (SSSR count). The molecular weight excluding hydrogens is 358 g/mol. The van der Waals surface area contributed by atoms with Crippen molar-refractivity contribution in [3.8, 4) is 11.5 Å². The quantitative estimate of drug-likeness (QED) is 0.725. The molecule has 1 saturated heterocycles. The molecule has 7 nitrogen and oxygen atoms in total. The summed E-state index contributed by atoms with van der Waals surface area (Å²) >= 11 is 0. The summed E-state index contributed by atoms with van der Waals surface area (Å²) in [5.41, 5.74) is 1.98. The fraction of sp³-hybridized carbons (Fsp3) is 0.429. The fourth-order valence-electron chi connectivity index (χ4n) is 3.07.